The lowest BCUT2D eigenvalue weighted by Crippen LogP contribution is -2.26. The summed E-state index contributed by atoms with van der Waals surface area (Å²) in [6.07, 6.45) is -4.19. The number of rotatable bonds is 7. The molecule has 1 aromatic heterocycles. The van der Waals surface area contributed by atoms with Crippen LogP contribution in [0.25, 0.3) is 11.0 Å². The number of aromatic nitrogens is 2. The van der Waals surface area contributed by atoms with Crippen LogP contribution >= 0.6 is 0 Å². The number of unbranched alkanes of at least 4 members (excludes halogenated alkanes) is 1. The molecule has 0 atom stereocenters. The Morgan fingerprint density at radius 2 is 1.71 bits per heavy atom. The van der Waals surface area contributed by atoms with Crippen molar-refractivity contribution in [2.75, 3.05) is 6.61 Å². The van der Waals surface area contributed by atoms with Gasteiger partial charge in [0.05, 0.1) is 30.3 Å². The molecule has 0 aliphatic carbocycles. The molecular weight excluding hydrogens is 505 g/mol. The molecule has 9 nitrogen and oxygen atoms in total. The zero-order valence-electron chi connectivity index (χ0n) is 21.4. The number of carbonyl (C=O) groups is 2. The number of phenolic OH excluding ortho intramolecular Hbond substituents is 1. The van der Waals surface area contributed by atoms with Crippen LogP contribution in [0.5, 0.6) is 11.5 Å². The van der Waals surface area contributed by atoms with E-state index in [0.717, 1.165) is 11.0 Å². The summed E-state index contributed by atoms with van der Waals surface area (Å²) in [5.74, 6) is -2.68. The second kappa shape index (κ2) is 11.9. The van der Waals surface area contributed by atoms with Gasteiger partial charge < -0.3 is 24.1 Å². The van der Waals surface area contributed by atoms with Gasteiger partial charge in [-0.05, 0) is 36.1 Å². The van der Waals surface area contributed by atoms with Gasteiger partial charge in [-0.15, -0.1) is 0 Å². The number of Topliss-reactive ketones (excluding diaryl/α,β-unsaturated/α-hetero) is 1. The van der Waals surface area contributed by atoms with E-state index < -0.39 is 17.6 Å². The average molecular weight is 535 g/mol. The zero-order chi connectivity index (χ0) is 28.8. The largest absolute Gasteiger partial charge is 0.504 e. The van der Waals surface area contributed by atoms with Crippen LogP contribution in [-0.4, -0.2) is 43.9 Å². The number of benzene rings is 2. The lowest BCUT2D eigenvalue weighted by Gasteiger charge is -2.23. The summed E-state index contributed by atoms with van der Waals surface area (Å²) < 4.78 is 40.9. The standard InChI is InChI=1S/C24H28N4O3.C2HF3O2/c1-24(2,3)17-13-16(14-21(22(17)30)31-12-8-7-11-25)20(29)15-28-19-10-6-5-9-18(19)27(4)23(28)26;3-2(4,5)1(6)7/h5-6,9-10,13-14,26,30H,7-8,12,15H2,1-4H3;(H,6,7). The third-order valence-electron chi connectivity index (χ3n) is 5.55. The number of aromatic hydroxyl groups is 1. The van der Waals surface area contributed by atoms with E-state index in [9.17, 15) is 23.1 Å². The Labute approximate surface area is 216 Å². The first-order chi connectivity index (χ1) is 17.6. The van der Waals surface area contributed by atoms with Crippen molar-refractivity contribution in [1.82, 2.24) is 9.13 Å². The number of nitriles is 1. The molecule has 2 aromatic carbocycles. The minimum Gasteiger partial charge on any atom is -0.504 e. The number of hydrogen-bond acceptors (Lipinski definition) is 6. The topological polar surface area (TPSA) is 141 Å². The number of para-hydroxylation sites is 2. The molecule has 204 valence electrons. The van der Waals surface area contributed by atoms with Crippen LogP contribution in [0.2, 0.25) is 0 Å². The van der Waals surface area contributed by atoms with Gasteiger partial charge in [0.25, 0.3) is 0 Å². The quantitative estimate of drug-likeness (QED) is 0.297. The van der Waals surface area contributed by atoms with Gasteiger partial charge in [0.1, 0.15) is 0 Å². The Kier molecular flexibility index (Phi) is 9.34. The highest BCUT2D eigenvalue weighted by Gasteiger charge is 2.38. The van der Waals surface area contributed by atoms with Gasteiger partial charge in [-0.1, -0.05) is 32.9 Å². The number of halogens is 3. The minimum absolute atomic E-state index is 0.00240. The van der Waals surface area contributed by atoms with Crippen molar-refractivity contribution in [2.24, 2.45) is 7.05 Å². The van der Waals surface area contributed by atoms with Gasteiger partial charge in [-0.3, -0.25) is 10.2 Å². The number of fused-ring (bicyclic) bond motifs is 1. The number of imidazole rings is 1. The summed E-state index contributed by atoms with van der Waals surface area (Å²) in [6, 6.07) is 12.9. The van der Waals surface area contributed by atoms with Crippen molar-refractivity contribution >= 4 is 22.8 Å². The first kappa shape index (κ1) is 30.0. The molecule has 0 saturated heterocycles. The smallest absolute Gasteiger partial charge is 0.490 e. The molecule has 3 aromatic rings. The lowest BCUT2D eigenvalue weighted by molar-refractivity contribution is -0.192. The number of ketones is 1. The normalized spacial score (nSPS) is 11.4. The number of ether oxygens (including phenoxy) is 1. The molecule has 0 saturated carbocycles. The van der Waals surface area contributed by atoms with Crippen LogP contribution in [0.3, 0.4) is 0 Å². The van der Waals surface area contributed by atoms with E-state index >= 15 is 0 Å². The maximum absolute atomic E-state index is 13.2. The number of aliphatic carboxylic acids is 1. The number of hydrogen-bond donors (Lipinski definition) is 3. The van der Waals surface area contributed by atoms with E-state index in [1.54, 1.807) is 28.3 Å². The molecular formula is C26H29F3N4O5. The maximum Gasteiger partial charge on any atom is 0.490 e. The number of carboxylic acids is 1. The SMILES string of the molecule is Cn1c(=N)n(CC(=O)c2cc(OCCCC#N)c(O)c(C(C)(C)C)c2)c2ccccc21.O=C(O)C(F)(F)F. The van der Waals surface area contributed by atoms with E-state index in [2.05, 4.69) is 6.07 Å². The van der Waals surface area contributed by atoms with Crippen LogP contribution in [0.4, 0.5) is 13.2 Å². The van der Waals surface area contributed by atoms with E-state index in [1.807, 2.05) is 45.0 Å². The Hall–Kier alpha value is -4.27. The monoisotopic (exact) mass is 534 g/mol. The lowest BCUT2D eigenvalue weighted by atomic mass is 9.84. The van der Waals surface area contributed by atoms with E-state index in [-0.39, 0.29) is 36.1 Å². The zero-order valence-corrected chi connectivity index (χ0v) is 21.4. The van der Waals surface area contributed by atoms with Gasteiger partial charge in [0, 0.05) is 24.6 Å². The van der Waals surface area contributed by atoms with Gasteiger partial charge in [0.15, 0.2) is 17.3 Å². The van der Waals surface area contributed by atoms with Crippen LogP contribution in [-0.2, 0) is 23.8 Å². The summed E-state index contributed by atoms with van der Waals surface area (Å²) in [6.45, 7) is 6.14. The number of nitrogens with zero attached hydrogens (tertiary/aromatic N) is 3. The van der Waals surface area contributed by atoms with Crippen LogP contribution in [0.15, 0.2) is 36.4 Å². The third-order valence-corrected chi connectivity index (χ3v) is 5.55. The molecule has 0 aliphatic rings. The molecule has 3 rings (SSSR count). The highest BCUT2D eigenvalue weighted by Crippen LogP contribution is 2.39. The molecule has 0 amide bonds. The number of aryl methyl sites for hydroxylation is 1. The molecule has 12 heteroatoms. The third kappa shape index (κ3) is 7.15. The molecule has 0 spiro atoms. The fourth-order valence-electron chi connectivity index (χ4n) is 3.56. The highest BCUT2D eigenvalue weighted by molar-refractivity contribution is 5.97. The van der Waals surface area contributed by atoms with Gasteiger partial charge >= 0.3 is 12.1 Å². The molecule has 0 fully saturated rings. The minimum atomic E-state index is -5.08. The van der Waals surface area contributed by atoms with Crippen molar-refractivity contribution in [3.05, 3.63) is 53.1 Å². The van der Waals surface area contributed by atoms with Crippen molar-refractivity contribution in [2.45, 2.75) is 51.7 Å². The molecule has 0 unspecified atom stereocenters. The Balaban J connectivity index is 0.000000638. The molecule has 38 heavy (non-hydrogen) atoms. The molecule has 0 bridgehead atoms. The summed E-state index contributed by atoms with van der Waals surface area (Å²) in [7, 11) is 1.80. The second-order valence-corrected chi connectivity index (χ2v) is 9.41. The van der Waals surface area contributed by atoms with Gasteiger partial charge in [-0.2, -0.15) is 18.4 Å². The van der Waals surface area contributed by atoms with E-state index in [4.69, 9.17) is 25.3 Å². The molecule has 0 radical (unpaired) electrons. The van der Waals surface area contributed by atoms with Crippen molar-refractivity contribution in [3.63, 3.8) is 0 Å². The number of phenols is 1. The second-order valence-electron chi connectivity index (χ2n) is 9.41. The predicted octanol–water partition coefficient (Wildman–Crippen LogP) is 4.66. The molecule has 1 heterocycles. The molecule has 0 aliphatic heterocycles. The Bertz CT molecular complexity index is 1430. The number of carbonyl (C=O) groups excluding carboxylic acids is 1. The van der Waals surface area contributed by atoms with Gasteiger partial charge in [-0.25, -0.2) is 4.79 Å². The number of alkyl halides is 3. The predicted molar refractivity (Wildman–Crippen MR) is 132 cm³/mol. The maximum atomic E-state index is 13.2. The number of carboxylic acid groups (broad SMARTS) is 1. The summed E-state index contributed by atoms with van der Waals surface area (Å²) in [4.78, 5) is 22.1. The van der Waals surface area contributed by atoms with Gasteiger partial charge in [0.2, 0.25) is 5.62 Å². The van der Waals surface area contributed by atoms with Crippen LogP contribution < -0.4 is 10.4 Å². The first-order valence-electron chi connectivity index (χ1n) is 11.5. The Morgan fingerprint density at radius 3 is 2.24 bits per heavy atom. The van der Waals surface area contributed by atoms with Crippen LogP contribution in [0.1, 0.15) is 49.5 Å². The average Bonchev–Trinajstić information content (AvgIpc) is 3.06. The summed E-state index contributed by atoms with van der Waals surface area (Å²) >= 11 is 0. The molecule has 3 N–H and O–H groups in total. The summed E-state index contributed by atoms with van der Waals surface area (Å²) in [5, 5.41) is 35.0. The van der Waals surface area contributed by atoms with Crippen molar-refractivity contribution in [3.8, 4) is 17.6 Å². The van der Waals surface area contributed by atoms with Crippen molar-refractivity contribution in [1.29, 1.82) is 10.7 Å². The van der Waals surface area contributed by atoms with E-state index in [1.165, 1.54) is 0 Å². The summed E-state index contributed by atoms with van der Waals surface area (Å²) in [5.41, 5.74) is 2.55. The van der Waals surface area contributed by atoms with E-state index in [0.29, 0.717) is 24.0 Å². The number of nitrogens with one attached hydrogen (secondary N) is 1. The first-order valence-corrected chi connectivity index (χ1v) is 11.5. The van der Waals surface area contributed by atoms with Crippen LogP contribution in [0, 0.1) is 16.7 Å². The van der Waals surface area contributed by atoms with Crippen molar-refractivity contribution < 1.29 is 37.7 Å². The Morgan fingerprint density at radius 1 is 1.13 bits per heavy atom. The fourth-order valence-corrected chi connectivity index (χ4v) is 3.56. The highest BCUT2D eigenvalue weighted by atomic mass is 19.4. The fraction of sp³-hybridized carbons (Fsp3) is 0.385.